The number of fused-ring (bicyclic) bond motifs is 2. The first kappa shape index (κ1) is 14.4. The number of rotatable bonds is 3. The van der Waals surface area contributed by atoms with E-state index in [9.17, 15) is 4.39 Å². The second-order valence-electron chi connectivity index (χ2n) is 5.17. The van der Waals surface area contributed by atoms with Crippen LogP contribution in [0, 0.1) is 5.82 Å². The number of hydrogen-bond donors (Lipinski definition) is 0. The van der Waals surface area contributed by atoms with Crippen molar-refractivity contribution in [3.05, 3.63) is 48.8 Å². The van der Waals surface area contributed by atoms with Crippen molar-refractivity contribution in [3.63, 3.8) is 0 Å². The molecule has 0 N–H and O–H groups in total. The van der Waals surface area contributed by atoms with Crippen LogP contribution in [0.15, 0.2) is 43.0 Å². The quantitative estimate of drug-likeness (QED) is 0.579. The van der Waals surface area contributed by atoms with Crippen LogP contribution >= 0.6 is 0 Å². The molecule has 0 spiro atoms. The van der Waals surface area contributed by atoms with Gasteiger partial charge in [-0.1, -0.05) is 0 Å². The lowest BCUT2D eigenvalue weighted by atomic mass is 10.2. The van der Waals surface area contributed by atoms with Gasteiger partial charge in [0.2, 0.25) is 0 Å². The Morgan fingerprint density at radius 2 is 1.71 bits per heavy atom. The number of nitrogens with zero attached hydrogens (tertiary/aromatic N) is 4. The van der Waals surface area contributed by atoms with Crippen molar-refractivity contribution in [2.24, 2.45) is 0 Å². The van der Waals surface area contributed by atoms with E-state index in [2.05, 4.69) is 15.0 Å². The van der Waals surface area contributed by atoms with E-state index < -0.39 is 0 Å². The van der Waals surface area contributed by atoms with Gasteiger partial charge >= 0.3 is 0 Å². The summed E-state index contributed by atoms with van der Waals surface area (Å²) in [6.07, 6.45) is 3.08. The summed E-state index contributed by atoms with van der Waals surface area (Å²) in [6, 6.07) is 8.01. The Balaban J connectivity index is 2.02. The number of benzene rings is 2. The van der Waals surface area contributed by atoms with E-state index >= 15 is 0 Å². The van der Waals surface area contributed by atoms with Crippen LogP contribution in [0.3, 0.4) is 0 Å². The van der Waals surface area contributed by atoms with Gasteiger partial charge in [-0.15, -0.1) is 0 Å². The molecule has 0 aliphatic carbocycles. The lowest BCUT2D eigenvalue weighted by Gasteiger charge is -2.10. The van der Waals surface area contributed by atoms with E-state index in [1.165, 1.54) is 18.5 Å². The molecule has 2 heterocycles. The van der Waals surface area contributed by atoms with Gasteiger partial charge in [0.1, 0.15) is 24.3 Å². The van der Waals surface area contributed by atoms with Crippen LogP contribution in [0.25, 0.3) is 27.8 Å². The fourth-order valence-electron chi connectivity index (χ4n) is 2.71. The summed E-state index contributed by atoms with van der Waals surface area (Å²) in [5.74, 6) is 1.38. The molecule has 0 radical (unpaired) electrons. The summed E-state index contributed by atoms with van der Waals surface area (Å²) < 4.78 is 26.1. The smallest absolute Gasteiger partial charge is 0.163 e. The highest BCUT2D eigenvalue weighted by molar-refractivity contribution is 5.89. The van der Waals surface area contributed by atoms with Crippen molar-refractivity contribution < 1.29 is 13.9 Å². The van der Waals surface area contributed by atoms with Crippen molar-refractivity contribution >= 4 is 21.9 Å². The number of aromatic nitrogens is 4. The Hall–Kier alpha value is -3.22. The second kappa shape index (κ2) is 5.45. The molecule has 2 aromatic heterocycles. The van der Waals surface area contributed by atoms with Gasteiger partial charge < -0.3 is 9.47 Å². The van der Waals surface area contributed by atoms with E-state index in [1.54, 1.807) is 37.2 Å². The Morgan fingerprint density at radius 1 is 0.917 bits per heavy atom. The number of methoxy groups -OCH3 is 2. The molecule has 7 heteroatoms. The summed E-state index contributed by atoms with van der Waals surface area (Å²) in [5.41, 5.74) is 2.15. The van der Waals surface area contributed by atoms with E-state index in [0.29, 0.717) is 28.2 Å². The van der Waals surface area contributed by atoms with Crippen LogP contribution in [0.4, 0.5) is 4.39 Å². The third-order valence-corrected chi connectivity index (χ3v) is 3.86. The number of imidazole rings is 1. The predicted molar refractivity (Wildman–Crippen MR) is 87.2 cm³/mol. The summed E-state index contributed by atoms with van der Waals surface area (Å²) in [6.45, 7) is 0. The molecule has 0 saturated heterocycles. The molecule has 0 fully saturated rings. The van der Waals surface area contributed by atoms with Gasteiger partial charge in [0.25, 0.3) is 0 Å². The van der Waals surface area contributed by atoms with Gasteiger partial charge in [0.05, 0.1) is 30.8 Å². The van der Waals surface area contributed by atoms with Crippen LogP contribution in [-0.2, 0) is 0 Å². The fraction of sp³-hybridized carbons (Fsp3) is 0.118. The van der Waals surface area contributed by atoms with Crippen molar-refractivity contribution in [1.29, 1.82) is 0 Å². The maximum Gasteiger partial charge on any atom is 0.163 e. The van der Waals surface area contributed by atoms with Crippen molar-refractivity contribution in [2.45, 2.75) is 0 Å². The minimum atomic E-state index is -0.345. The van der Waals surface area contributed by atoms with Crippen LogP contribution in [0.2, 0.25) is 0 Å². The molecule has 24 heavy (non-hydrogen) atoms. The third kappa shape index (κ3) is 2.13. The molecule has 0 amide bonds. The molecular formula is C17H13FN4O2. The molecule has 4 rings (SSSR count). The van der Waals surface area contributed by atoms with Gasteiger partial charge in [0, 0.05) is 17.5 Å². The molecule has 120 valence electrons. The normalized spacial score (nSPS) is 11.1. The summed E-state index contributed by atoms with van der Waals surface area (Å²) in [4.78, 5) is 12.9. The second-order valence-corrected chi connectivity index (χ2v) is 5.17. The van der Waals surface area contributed by atoms with Gasteiger partial charge in [-0.05, 0) is 18.2 Å². The van der Waals surface area contributed by atoms with E-state index in [0.717, 1.165) is 11.0 Å². The first-order chi connectivity index (χ1) is 11.7. The van der Waals surface area contributed by atoms with Crippen molar-refractivity contribution in [2.75, 3.05) is 14.2 Å². The maximum atomic E-state index is 13.7. The summed E-state index contributed by atoms with van der Waals surface area (Å²) in [7, 11) is 3.14. The lowest BCUT2D eigenvalue weighted by Crippen LogP contribution is -1.99. The zero-order chi connectivity index (χ0) is 16.7. The molecule has 2 aromatic carbocycles. The van der Waals surface area contributed by atoms with Gasteiger partial charge in [-0.25, -0.2) is 19.3 Å². The molecule has 0 saturated carbocycles. The zero-order valence-electron chi connectivity index (χ0n) is 13.0. The maximum absolute atomic E-state index is 13.7. The Morgan fingerprint density at radius 3 is 2.50 bits per heavy atom. The monoisotopic (exact) mass is 324 g/mol. The highest BCUT2D eigenvalue weighted by atomic mass is 19.1. The average Bonchev–Trinajstić information content (AvgIpc) is 3.02. The highest BCUT2D eigenvalue weighted by Crippen LogP contribution is 2.33. The van der Waals surface area contributed by atoms with Crippen LogP contribution < -0.4 is 9.47 Å². The van der Waals surface area contributed by atoms with Crippen LogP contribution in [-0.4, -0.2) is 33.7 Å². The van der Waals surface area contributed by atoms with E-state index in [4.69, 9.17) is 9.47 Å². The third-order valence-electron chi connectivity index (χ3n) is 3.86. The van der Waals surface area contributed by atoms with Gasteiger partial charge in [0.15, 0.2) is 11.5 Å². The highest BCUT2D eigenvalue weighted by Gasteiger charge is 2.14. The van der Waals surface area contributed by atoms with Crippen molar-refractivity contribution in [1.82, 2.24) is 19.5 Å². The molecule has 0 aliphatic rings. The largest absolute Gasteiger partial charge is 0.493 e. The molecule has 6 nitrogen and oxygen atoms in total. The first-order valence-electron chi connectivity index (χ1n) is 7.21. The molecule has 0 aliphatic heterocycles. The minimum absolute atomic E-state index is 0.345. The van der Waals surface area contributed by atoms with E-state index in [1.807, 2.05) is 6.07 Å². The Labute approximate surface area is 136 Å². The predicted octanol–water partition coefficient (Wildman–Crippen LogP) is 3.13. The molecule has 4 aromatic rings. The standard InChI is InChI=1S/C17H13FN4O2/c1-23-15-6-13-14(7-16(15)24-2)22(9-21-13)17-11-5-10(18)3-4-12(11)19-8-20-17/h3-9H,1-2H3. The molecule has 0 unspecified atom stereocenters. The first-order valence-corrected chi connectivity index (χ1v) is 7.21. The lowest BCUT2D eigenvalue weighted by molar-refractivity contribution is 0.355. The number of hydrogen-bond acceptors (Lipinski definition) is 5. The Bertz CT molecular complexity index is 1060. The van der Waals surface area contributed by atoms with Crippen molar-refractivity contribution in [3.8, 4) is 17.3 Å². The molecule has 0 atom stereocenters. The topological polar surface area (TPSA) is 62.1 Å². The van der Waals surface area contributed by atoms with Gasteiger partial charge in [-0.2, -0.15) is 0 Å². The average molecular weight is 324 g/mol. The molecular weight excluding hydrogens is 311 g/mol. The SMILES string of the molecule is COc1cc2ncn(-c3ncnc4ccc(F)cc34)c2cc1OC. The number of halogens is 1. The Kier molecular flexibility index (Phi) is 3.26. The zero-order valence-corrected chi connectivity index (χ0v) is 13.0. The number of ether oxygens (including phenoxy) is 2. The summed E-state index contributed by atoms with van der Waals surface area (Å²) >= 11 is 0. The van der Waals surface area contributed by atoms with Crippen LogP contribution in [0.5, 0.6) is 11.5 Å². The molecule has 0 bridgehead atoms. The van der Waals surface area contributed by atoms with E-state index in [-0.39, 0.29) is 5.82 Å². The van der Waals surface area contributed by atoms with Gasteiger partial charge in [-0.3, -0.25) is 4.57 Å². The summed E-state index contributed by atoms with van der Waals surface area (Å²) in [5, 5.41) is 0.603. The fourth-order valence-corrected chi connectivity index (χ4v) is 2.71. The van der Waals surface area contributed by atoms with Crippen LogP contribution in [0.1, 0.15) is 0 Å². The minimum Gasteiger partial charge on any atom is -0.493 e.